The summed E-state index contributed by atoms with van der Waals surface area (Å²) in [6.07, 6.45) is 9.24. The lowest BCUT2D eigenvalue weighted by Gasteiger charge is -2.44. The number of aromatic nitrogens is 3. The molecule has 0 spiro atoms. The second-order valence-corrected chi connectivity index (χ2v) is 10.0. The summed E-state index contributed by atoms with van der Waals surface area (Å²) in [5.74, 6) is 0.936. The van der Waals surface area contributed by atoms with Crippen LogP contribution in [0.2, 0.25) is 0 Å². The Bertz CT molecular complexity index is 1230. The number of nitrogens with zero attached hydrogens (tertiary/aromatic N) is 4. The third kappa shape index (κ3) is 4.74. The van der Waals surface area contributed by atoms with E-state index in [4.69, 9.17) is 4.98 Å². The SMILES string of the molecule is CC(=O)N1[C@H](C)CN(c2cccc(-c3c[nH]c4ncc(C(=O)NC5CCCCC5)cc34)n2)C[C@@H]1C.[HH]. The maximum atomic E-state index is 12.9. The van der Waals surface area contributed by atoms with E-state index in [9.17, 15) is 9.59 Å². The van der Waals surface area contributed by atoms with Crippen LogP contribution in [0.25, 0.3) is 22.3 Å². The zero-order valence-corrected chi connectivity index (χ0v) is 20.8. The van der Waals surface area contributed by atoms with E-state index in [1.54, 1.807) is 13.1 Å². The van der Waals surface area contributed by atoms with Gasteiger partial charge in [-0.05, 0) is 44.9 Å². The number of hydrogen-bond donors (Lipinski definition) is 2. The maximum Gasteiger partial charge on any atom is 0.253 e. The van der Waals surface area contributed by atoms with Crippen molar-refractivity contribution in [3.8, 4) is 11.3 Å². The van der Waals surface area contributed by atoms with Crippen LogP contribution in [0, 0.1) is 0 Å². The van der Waals surface area contributed by atoms with Crippen LogP contribution in [0.5, 0.6) is 0 Å². The quantitative estimate of drug-likeness (QED) is 0.583. The summed E-state index contributed by atoms with van der Waals surface area (Å²) in [6.45, 7) is 7.27. The van der Waals surface area contributed by atoms with Gasteiger partial charge in [0.15, 0.2) is 0 Å². The molecule has 1 aliphatic carbocycles. The first kappa shape index (κ1) is 23.3. The number of H-pyrrole nitrogens is 1. The average Bonchev–Trinajstić information content (AvgIpc) is 3.27. The molecule has 5 rings (SSSR count). The molecule has 2 atom stereocenters. The van der Waals surface area contributed by atoms with Crippen LogP contribution in [-0.4, -0.2) is 62.9 Å². The third-order valence-corrected chi connectivity index (χ3v) is 7.35. The number of amides is 2. The van der Waals surface area contributed by atoms with Crippen LogP contribution >= 0.6 is 0 Å². The van der Waals surface area contributed by atoms with E-state index in [-0.39, 0.29) is 31.4 Å². The lowest BCUT2D eigenvalue weighted by molar-refractivity contribution is -0.133. The van der Waals surface area contributed by atoms with Crippen molar-refractivity contribution >= 4 is 28.7 Å². The van der Waals surface area contributed by atoms with E-state index < -0.39 is 0 Å². The molecule has 2 amide bonds. The zero-order valence-electron chi connectivity index (χ0n) is 20.8. The van der Waals surface area contributed by atoms with Crippen molar-refractivity contribution in [2.24, 2.45) is 0 Å². The van der Waals surface area contributed by atoms with Crippen molar-refractivity contribution in [2.75, 3.05) is 18.0 Å². The second-order valence-electron chi connectivity index (χ2n) is 10.0. The highest BCUT2D eigenvalue weighted by molar-refractivity contribution is 6.00. The van der Waals surface area contributed by atoms with Gasteiger partial charge in [0.25, 0.3) is 5.91 Å². The number of rotatable bonds is 4. The summed E-state index contributed by atoms with van der Waals surface area (Å²) in [5, 5.41) is 4.07. The number of piperazine rings is 1. The van der Waals surface area contributed by atoms with E-state index in [2.05, 4.69) is 34.0 Å². The largest absolute Gasteiger partial charge is 0.352 e. The number of fused-ring (bicyclic) bond motifs is 1. The molecule has 3 aromatic heterocycles. The summed E-state index contributed by atoms with van der Waals surface area (Å²) in [7, 11) is 0. The monoisotopic (exact) mass is 476 g/mol. The normalized spacial score (nSPS) is 21.3. The smallest absolute Gasteiger partial charge is 0.253 e. The predicted octanol–water partition coefficient (Wildman–Crippen LogP) is 4.38. The standard InChI is InChI=1S/C27H34N6O2.H2/c1-17-15-32(16-18(2)33(17)19(3)34)25-11-7-10-24(31-25)23-14-29-26-22(23)12-20(13-28-26)27(35)30-21-8-5-4-6-9-21;/h7,10-14,17-18,21H,4-6,8-9,15-16H2,1-3H3,(H,28,29)(H,30,35);1H/t17-,18+;. The minimum atomic E-state index is -0.0634. The van der Waals surface area contributed by atoms with Crippen LogP contribution in [0.15, 0.2) is 36.7 Å². The van der Waals surface area contributed by atoms with Crippen molar-refractivity contribution in [2.45, 2.75) is 71.0 Å². The topological polar surface area (TPSA) is 94.2 Å². The van der Waals surface area contributed by atoms with Crippen molar-refractivity contribution in [3.05, 3.63) is 42.2 Å². The fourth-order valence-electron chi connectivity index (χ4n) is 5.74. The van der Waals surface area contributed by atoms with Gasteiger partial charge < -0.3 is 20.1 Å². The van der Waals surface area contributed by atoms with Gasteiger partial charge in [0.2, 0.25) is 5.91 Å². The van der Waals surface area contributed by atoms with E-state index in [0.29, 0.717) is 5.56 Å². The molecule has 1 saturated carbocycles. The molecular weight excluding hydrogens is 440 g/mol. The predicted molar refractivity (Wildman–Crippen MR) is 139 cm³/mol. The Kier molecular flexibility index (Phi) is 6.45. The summed E-state index contributed by atoms with van der Waals surface area (Å²) >= 11 is 0. The van der Waals surface area contributed by atoms with Gasteiger partial charge >= 0.3 is 0 Å². The molecule has 35 heavy (non-hydrogen) atoms. The van der Waals surface area contributed by atoms with Crippen molar-refractivity contribution in [3.63, 3.8) is 0 Å². The van der Waals surface area contributed by atoms with E-state index in [0.717, 1.165) is 54.0 Å². The van der Waals surface area contributed by atoms with E-state index >= 15 is 0 Å². The molecule has 0 bridgehead atoms. The number of anilines is 1. The van der Waals surface area contributed by atoms with Gasteiger partial charge in [-0.1, -0.05) is 25.3 Å². The Hall–Kier alpha value is -3.42. The van der Waals surface area contributed by atoms with Crippen molar-refractivity contribution in [1.82, 2.24) is 25.2 Å². The molecule has 4 heterocycles. The van der Waals surface area contributed by atoms with Crippen LogP contribution in [0.4, 0.5) is 5.82 Å². The average molecular weight is 477 g/mol. The molecule has 0 radical (unpaired) electrons. The van der Waals surface area contributed by atoms with Gasteiger partial charge in [0.1, 0.15) is 11.5 Å². The lowest BCUT2D eigenvalue weighted by atomic mass is 9.95. The summed E-state index contributed by atoms with van der Waals surface area (Å²) in [4.78, 5) is 41.8. The molecule has 2 fully saturated rings. The Morgan fingerprint density at radius 1 is 1.11 bits per heavy atom. The van der Waals surface area contributed by atoms with Crippen molar-refractivity contribution < 1.29 is 11.0 Å². The van der Waals surface area contributed by atoms with Crippen LogP contribution in [-0.2, 0) is 4.79 Å². The van der Waals surface area contributed by atoms with Crippen LogP contribution in [0.3, 0.4) is 0 Å². The fourth-order valence-corrected chi connectivity index (χ4v) is 5.74. The minimum absolute atomic E-state index is 0. The molecule has 1 saturated heterocycles. The first-order valence-corrected chi connectivity index (χ1v) is 12.7. The summed E-state index contributed by atoms with van der Waals surface area (Å²) < 4.78 is 0. The Morgan fingerprint density at radius 2 is 1.86 bits per heavy atom. The van der Waals surface area contributed by atoms with Gasteiger partial charge in [0, 0.05) is 62.9 Å². The number of hydrogen-bond acceptors (Lipinski definition) is 5. The van der Waals surface area contributed by atoms with Crippen LogP contribution < -0.4 is 10.2 Å². The molecule has 8 nitrogen and oxygen atoms in total. The highest BCUT2D eigenvalue weighted by Crippen LogP contribution is 2.30. The minimum Gasteiger partial charge on any atom is -0.352 e. The number of nitrogens with one attached hydrogen (secondary N) is 2. The Morgan fingerprint density at radius 3 is 2.57 bits per heavy atom. The molecular formula is C27H36N6O2. The van der Waals surface area contributed by atoms with Gasteiger partial charge in [0.05, 0.1) is 11.3 Å². The first-order chi connectivity index (χ1) is 16.9. The number of carbonyl (C=O) groups excluding carboxylic acids is 2. The number of aromatic amines is 1. The second kappa shape index (κ2) is 9.68. The van der Waals surface area contributed by atoms with Crippen LogP contribution in [0.1, 0.15) is 64.7 Å². The highest BCUT2D eigenvalue weighted by atomic mass is 16.2. The summed E-state index contributed by atoms with van der Waals surface area (Å²) in [6, 6.07) is 8.41. The Labute approximate surface area is 207 Å². The highest BCUT2D eigenvalue weighted by Gasteiger charge is 2.31. The molecule has 0 aromatic carbocycles. The molecule has 2 N–H and O–H groups in total. The van der Waals surface area contributed by atoms with Crippen molar-refractivity contribution in [1.29, 1.82) is 0 Å². The third-order valence-electron chi connectivity index (χ3n) is 7.35. The Balaban J connectivity index is 0.00000304. The first-order valence-electron chi connectivity index (χ1n) is 12.7. The molecule has 0 unspecified atom stereocenters. The van der Waals surface area contributed by atoms with E-state index in [1.165, 1.54) is 19.3 Å². The maximum absolute atomic E-state index is 12.9. The molecule has 8 heteroatoms. The summed E-state index contributed by atoms with van der Waals surface area (Å²) in [5.41, 5.74) is 3.06. The zero-order chi connectivity index (χ0) is 24.5. The lowest BCUT2D eigenvalue weighted by Crippen LogP contribution is -2.58. The molecule has 186 valence electrons. The van der Waals surface area contributed by atoms with E-state index in [1.807, 2.05) is 35.4 Å². The number of carbonyl (C=O) groups is 2. The van der Waals surface area contributed by atoms with Gasteiger partial charge in [-0.3, -0.25) is 9.59 Å². The molecule has 3 aromatic rings. The van der Waals surface area contributed by atoms with Gasteiger partial charge in [-0.25, -0.2) is 9.97 Å². The fraction of sp³-hybridized carbons (Fsp3) is 0.481. The van der Waals surface area contributed by atoms with Gasteiger partial charge in [-0.15, -0.1) is 0 Å². The molecule has 1 aliphatic heterocycles. The number of pyridine rings is 2. The molecule has 2 aliphatic rings. The van der Waals surface area contributed by atoms with Gasteiger partial charge in [-0.2, -0.15) is 0 Å².